The molecule has 0 aromatic rings. The fraction of sp³-hybridized carbons (Fsp3) is 0.923. The summed E-state index contributed by atoms with van der Waals surface area (Å²) in [6.07, 6.45) is 1.27. The molecule has 3 rings (SSSR count). The summed E-state index contributed by atoms with van der Waals surface area (Å²) in [6, 6.07) is 0. The zero-order valence-corrected chi connectivity index (χ0v) is 11.6. The Hall–Kier alpha value is -0.810. The number of hydrogen-bond acceptors (Lipinski definition) is 4. The maximum atomic E-state index is 11.6. The summed E-state index contributed by atoms with van der Waals surface area (Å²) in [5.74, 6) is 0. The molecule has 3 fully saturated rings. The molecule has 1 amide bonds. The molecular weight excluding hydrogens is 234 g/mol. The van der Waals surface area contributed by atoms with Crippen molar-refractivity contribution in [3.63, 3.8) is 0 Å². The zero-order valence-electron chi connectivity index (χ0n) is 11.6. The van der Waals surface area contributed by atoms with Gasteiger partial charge in [0.2, 0.25) is 0 Å². The lowest BCUT2D eigenvalue weighted by atomic mass is 9.60. The van der Waals surface area contributed by atoms with Crippen LogP contribution in [-0.2, 0) is 9.47 Å². The van der Waals surface area contributed by atoms with E-state index in [-0.39, 0.29) is 23.7 Å². The summed E-state index contributed by atoms with van der Waals surface area (Å²) in [4.78, 5) is 11.6. The molecular formula is C13H23NO4. The molecule has 5 heteroatoms. The molecule has 0 spiro atoms. The molecule has 1 unspecified atom stereocenters. The SMILES string of the molecule is CC1OC2(CNC(=O)OC(C)(C)C)CC1(CO)C2. The Morgan fingerprint density at radius 3 is 2.56 bits per heavy atom. The largest absolute Gasteiger partial charge is 0.444 e. The van der Waals surface area contributed by atoms with Crippen molar-refractivity contribution in [2.75, 3.05) is 13.2 Å². The third-order valence-electron chi connectivity index (χ3n) is 3.91. The molecule has 1 saturated carbocycles. The highest BCUT2D eigenvalue weighted by Gasteiger charge is 2.65. The number of aliphatic hydroxyl groups is 1. The molecule has 5 nitrogen and oxygen atoms in total. The lowest BCUT2D eigenvalue weighted by molar-refractivity contribution is -0.0337. The van der Waals surface area contributed by atoms with Crippen molar-refractivity contribution in [3.05, 3.63) is 0 Å². The van der Waals surface area contributed by atoms with E-state index in [1.54, 1.807) is 0 Å². The van der Waals surface area contributed by atoms with Crippen molar-refractivity contribution in [1.29, 1.82) is 0 Å². The maximum Gasteiger partial charge on any atom is 0.407 e. The van der Waals surface area contributed by atoms with Crippen LogP contribution < -0.4 is 5.32 Å². The van der Waals surface area contributed by atoms with Gasteiger partial charge in [0.25, 0.3) is 0 Å². The Morgan fingerprint density at radius 1 is 1.50 bits per heavy atom. The van der Waals surface area contributed by atoms with E-state index in [1.807, 2.05) is 27.7 Å². The second-order valence-corrected chi connectivity index (χ2v) is 6.67. The minimum Gasteiger partial charge on any atom is -0.444 e. The molecule has 0 radical (unpaired) electrons. The Labute approximate surface area is 108 Å². The van der Waals surface area contributed by atoms with Crippen LogP contribution in [0.1, 0.15) is 40.5 Å². The monoisotopic (exact) mass is 257 g/mol. The quantitative estimate of drug-likeness (QED) is 0.803. The highest BCUT2D eigenvalue weighted by molar-refractivity contribution is 5.67. The Morgan fingerprint density at radius 2 is 2.11 bits per heavy atom. The molecule has 2 aliphatic heterocycles. The average molecular weight is 257 g/mol. The van der Waals surface area contributed by atoms with E-state index in [0.717, 1.165) is 12.8 Å². The second-order valence-electron chi connectivity index (χ2n) is 6.67. The van der Waals surface area contributed by atoms with E-state index in [4.69, 9.17) is 9.47 Å². The molecule has 2 bridgehead atoms. The van der Waals surface area contributed by atoms with Crippen molar-refractivity contribution in [3.8, 4) is 0 Å². The first kappa shape index (κ1) is 13.6. The molecule has 18 heavy (non-hydrogen) atoms. The lowest BCUT2D eigenvalue weighted by Gasteiger charge is -2.44. The van der Waals surface area contributed by atoms with E-state index in [9.17, 15) is 9.90 Å². The van der Waals surface area contributed by atoms with Gasteiger partial charge < -0.3 is 19.9 Å². The van der Waals surface area contributed by atoms with Gasteiger partial charge in [-0.15, -0.1) is 0 Å². The van der Waals surface area contributed by atoms with Crippen LogP contribution in [0, 0.1) is 5.41 Å². The normalized spacial score (nSPS) is 38.2. The van der Waals surface area contributed by atoms with Gasteiger partial charge >= 0.3 is 6.09 Å². The predicted octanol–water partition coefficient (Wildman–Crippen LogP) is 1.44. The van der Waals surface area contributed by atoms with Gasteiger partial charge in [-0.05, 0) is 40.5 Å². The smallest absolute Gasteiger partial charge is 0.407 e. The fourth-order valence-corrected chi connectivity index (χ4v) is 3.06. The number of carbonyl (C=O) groups excluding carboxylic acids is 1. The Bertz CT molecular complexity index is 341. The molecule has 0 aromatic heterocycles. The number of amides is 1. The van der Waals surface area contributed by atoms with Crippen LogP contribution in [0.25, 0.3) is 0 Å². The van der Waals surface area contributed by atoms with E-state index < -0.39 is 11.7 Å². The first-order valence-corrected chi connectivity index (χ1v) is 6.46. The van der Waals surface area contributed by atoms with Crippen LogP contribution >= 0.6 is 0 Å². The molecule has 1 aliphatic carbocycles. The van der Waals surface area contributed by atoms with Crippen LogP contribution in [0.4, 0.5) is 4.79 Å². The van der Waals surface area contributed by atoms with Gasteiger partial charge in [-0.25, -0.2) is 4.79 Å². The fourth-order valence-electron chi connectivity index (χ4n) is 3.06. The van der Waals surface area contributed by atoms with Gasteiger partial charge in [-0.3, -0.25) is 0 Å². The number of aliphatic hydroxyl groups excluding tert-OH is 1. The summed E-state index contributed by atoms with van der Waals surface area (Å²) in [7, 11) is 0. The van der Waals surface area contributed by atoms with Crippen molar-refractivity contribution in [2.24, 2.45) is 5.41 Å². The third kappa shape index (κ3) is 2.34. The van der Waals surface area contributed by atoms with E-state index in [1.165, 1.54) is 0 Å². The van der Waals surface area contributed by atoms with Gasteiger partial charge in [0.15, 0.2) is 0 Å². The number of hydrogen-bond donors (Lipinski definition) is 2. The minimum atomic E-state index is -0.486. The van der Waals surface area contributed by atoms with E-state index in [0.29, 0.717) is 6.54 Å². The second kappa shape index (κ2) is 4.10. The summed E-state index contributed by atoms with van der Waals surface area (Å²) in [6.45, 7) is 8.09. The minimum absolute atomic E-state index is 0.0583. The topological polar surface area (TPSA) is 67.8 Å². The lowest BCUT2D eigenvalue weighted by Crippen LogP contribution is -2.53. The van der Waals surface area contributed by atoms with Crippen LogP contribution in [0.3, 0.4) is 0 Å². The van der Waals surface area contributed by atoms with Crippen LogP contribution in [-0.4, -0.2) is 41.7 Å². The predicted molar refractivity (Wildman–Crippen MR) is 66.3 cm³/mol. The number of rotatable bonds is 3. The Kier molecular flexibility index (Phi) is 3.10. The standard InChI is InChI=1S/C13H23NO4/c1-9-12(8-15)5-13(6-12,17-9)7-14-10(16)18-11(2,3)4/h9,15H,5-8H2,1-4H3,(H,14,16). The van der Waals surface area contributed by atoms with Gasteiger partial charge in [0, 0.05) is 12.0 Å². The van der Waals surface area contributed by atoms with Crippen molar-refractivity contribution < 1.29 is 19.4 Å². The number of carbonyl (C=O) groups is 1. The van der Waals surface area contributed by atoms with Gasteiger partial charge in [-0.2, -0.15) is 0 Å². The molecule has 0 aromatic carbocycles. The van der Waals surface area contributed by atoms with Crippen LogP contribution in [0.15, 0.2) is 0 Å². The molecule has 3 aliphatic rings. The van der Waals surface area contributed by atoms with E-state index in [2.05, 4.69) is 5.32 Å². The van der Waals surface area contributed by atoms with E-state index >= 15 is 0 Å². The summed E-state index contributed by atoms with van der Waals surface area (Å²) in [5, 5.41) is 12.1. The van der Waals surface area contributed by atoms with Crippen LogP contribution in [0.5, 0.6) is 0 Å². The summed E-state index contributed by atoms with van der Waals surface area (Å²) in [5.41, 5.74) is -0.866. The van der Waals surface area contributed by atoms with Crippen molar-refractivity contribution in [1.82, 2.24) is 5.32 Å². The molecule has 104 valence electrons. The van der Waals surface area contributed by atoms with Crippen molar-refractivity contribution in [2.45, 2.75) is 57.8 Å². The average Bonchev–Trinajstić information content (AvgIpc) is 2.60. The Balaban J connectivity index is 1.82. The first-order valence-electron chi connectivity index (χ1n) is 6.46. The third-order valence-corrected chi connectivity index (χ3v) is 3.91. The number of alkyl carbamates (subject to hydrolysis) is 1. The summed E-state index contributed by atoms with van der Waals surface area (Å²) < 4.78 is 11.1. The van der Waals surface area contributed by atoms with Crippen molar-refractivity contribution >= 4 is 6.09 Å². The number of ether oxygens (including phenoxy) is 2. The van der Waals surface area contributed by atoms with Gasteiger partial charge in [-0.1, -0.05) is 0 Å². The highest BCUT2D eigenvalue weighted by atomic mass is 16.6. The zero-order chi connectivity index (χ0) is 13.6. The van der Waals surface area contributed by atoms with Crippen LogP contribution in [0.2, 0.25) is 0 Å². The van der Waals surface area contributed by atoms with Gasteiger partial charge in [0.1, 0.15) is 5.60 Å². The molecule has 2 saturated heterocycles. The maximum absolute atomic E-state index is 11.6. The number of nitrogens with one attached hydrogen (secondary N) is 1. The summed E-state index contributed by atoms with van der Waals surface area (Å²) >= 11 is 0. The highest BCUT2D eigenvalue weighted by Crippen LogP contribution is 2.60. The molecule has 2 heterocycles. The number of fused-ring (bicyclic) bond motifs is 1. The molecule has 1 atom stereocenters. The molecule has 2 N–H and O–H groups in total. The first-order chi connectivity index (χ1) is 8.20. The van der Waals surface area contributed by atoms with Gasteiger partial charge in [0.05, 0.1) is 18.3 Å².